The van der Waals surface area contributed by atoms with Crippen molar-refractivity contribution in [3.8, 4) is 0 Å². The van der Waals surface area contributed by atoms with E-state index in [1.807, 2.05) is 6.08 Å². The van der Waals surface area contributed by atoms with Crippen molar-refractivity contribution >= 4 is 0 Å². The summed E-state index contributed by atoms with van der Waals surface area (Å²) in [6.07, 6.45) is 16.4. The molecule has 0 bridgehead atoms. The fraction of sp³-hybridized carbons (Fsp3) is 0.571. The molecule has 4 rings (SSSR count). The first-order chi connectivity index (χ1) is 10.9. The van der Waals surface area contributed by atoms with Gasteiger partial charge in [0.2, 0.25) is 0 Å². The molecule has 23 heavy (non-hydrogen) atoms. The van der Waals surface area contributed by atoms with Crippen LogP contribution in [-0.2, 0) is 0 Å². The molecule has 0 spiro atoms. The van der Waals surface area contributed by atoms with Crippen LogP contribution in [0.2, 0.25) is 0 Å². The van der Waals surface area contributed by atoms with Crippen molar-refractivity contribution in [1.29, 1.82) is 0 Å². The van der Waals surface area contributed by atoms with E-state index >= 15 is 0 Å². The number of hydrogen-bond donors (Lipinski definition) is 2. The van der Waals surface area contributed by atoms with Crippen molar-refractivity contribution in [2.75, 3.05) is 0 Å². The zero-order valence-corrected chi connectivity index (χ0v) is 14.0. The summed E-state index contributed by atoms with van der Waals surface area (Å²) in [4.78, 5) is 0. The molecule has 0 amide bonds. The predicted molar refractivity (Wildman–Crippen MR) is 91.8 cm³/mol. The number of hydrogen-bond acceptors (Lipinski definition) is 2. The fourth-order valence-corrected chi connectivity index (χ4v) is 5.86. The quantitative estimate of drug-likeness (QED) is 0.422. The monoisotopic (exact) mass is 310 g/mol. The minimum absolute atomic E-state index is 0.0204. The van der Waals surface area contributed by atoms with Gasteiger partial charge < -0.3 is 10.2 Å². The summed E-state index contributed by atoms with van der Waals surface area (Å²) in [6.45, 7) is 4.54. The van der Waals surface area contributed by atoms with Crippen LogP contribution in [-0.4, -0.2) is 15.8 Å². The zero-order valence-electron chi connectivity index (χ0n) is 14.0. The highest BCUT2D eigenvalue weighted by Gasteiger charge is 2.60. The van der Waals surface area contributed by atoms with Gasteiger partial charge in [-0.3, -0.25) is 0 Å². The average molecular weight is 310 g/mol. The lowest BCUT2D eigenvalue weighted by molar-refractivity contribution is -0.0447. The zero-order chi connectivity index (χ0) is 16.3. The standard InChI is InChI=1S/C21H26O2/c1-19-10-4-3-5-15(19)6-7-16-17(19)8-11-20(2)18(16)9-12-21(20,23)13-14-22/h3-4,8,10,13-14,16,18,22-23H,6-7,9,11-12H2,1-2H3/t16-,18+,19+,20+,21+/m1/s1. The highest BCUT2D eigenvalue weighted by Crippen LogP contribution is 2.64. The SMILES string of the molecule is C[C@]12C=CC=C=C1CC[C@@H]1C2=CC[C@@]2(C)[C@H]1CC[C@]2(O)C=CO. The summed E-state index contributed by atoms with van der Waals surface area (Å²) in [5, 5.41) is 20.4. The Morgan fingerprint density at radius 2 is 2.13 bits per heavy atom. The van der Waals surface area contributed by atoms with Gasteiger partial charge >= 0.3 is 0 Å². The van der Waals surface area contributed by atoms with Crippen molar-refractivity contribution in [2.45, 2.75) is 51.6 Å². The van der Waals surface area contributed by atoms with Crippen molar-refractivity contribution in [3.05, 3.63) is 53.5 Å². The Labute approximate surface area is 138 Å². The van der Waals surface area contributed by atoms with Crippen LogP contribution in [0.4, 0.5) is 0 Å². The molecule has 0 heterocycles. The van der Waals surface area contributed by atoms with E-state index < -0.39 is 5.60 Å². The van der Waals surface area contributed by atoms with Gasteiger partial charge in [0.1, 0.15) is 0 Å². The third-order valence-electron chi connectivity index (χ3n) is 7.34. The molecule has 0 aromatic heterocycles. The van der Waals surface area contributed by atoms with Gasteiger partial charge in [0, 0.05) is 10.8 Å². The summed E-state index contributed by atoms with van der Waals surface area (Å²) < 4.78 is 0. The van der Waals surface area contributed by atoms with Gasteiger partial charge in [0.15, 0.2) is 0 Å². The van der Waals surface area contributed by atoms with E-state index in [2.05, 4.69) is 37.8 Å². The van der Waals surface area contributed by atoms with Crippen LogP contribution < -0.4 is 0 Å². The second-order valence-corrected chi connectivity index (χ2v) is 8.16. The normalized spacial score (nSPS) is 47.8. The second kappa shape index (κ2) is 4.75. The molecule has 2 fully saturated rings. The Morgan fingerprint density at radius 1 is 1.30 bits per heavy atom. The molecule has 0 aromatic carbocycles. The lowest BCUT2D eigenvalue weighted by Crippen LogP contribution is -2.49. The number of allylic oxidation sites excluding steroid dienone is 5. The number of rotatable bonds is 1. The Bertz CT molecular complexity index is 691. The molecule has 4 aliphatic rings. The van der Waals surface area contributed by atoms with E-state index in [9.17, 15) is 10.2 Å². The van der Waals surface area contributed by atoms with Crippen molar-refractivity contribution in [3.63, 3.8) is 0 Å². The Hall–Kier alpha value is -1.50. The van der Waals surface area contributed by atoms with Gasteiger partial charge in [-0.25, -0.2) is 0 Å². The van der Waals surface area contributed by atoms with Gasteiger partial charge in [-0.15, -0.1) is 5.73 Å². The Morgan fingerprint density at radius 3 is 2.91 bits per heavy atom. The molecule has 0 unspecified atom stereocenters. The van der Waals surface area contributed by atoms with Crippen LogP contribution in [0.15, 0.2) is 53.5 Å². The maximum absolute atomic E-state index is 11.1. The van der Waals surface area contributed by atoms with Gasteiger partial charge in [-0.05, 0) is 68.6 Å². The largest absolute Gasteiger partial charge is 0.516 e. The van der Waals surface area contributed by atoms with Crippen molar-refractivity contribution in [2.24, 2.45) is 22.7 Å². The van der Waals surface area contributed by atoms with E-state index in [1.54, 1.807) is 6.08 Å². The molecule has 0 aliphatic heterocycles. The lowest BCUT2D eigenvalue weighted by Gasteiger charge is -2.53. The predicted octanol–water partition coefficient (Wildman–Crippen LogP) is 4.60. The first-order valence-corrected chi connectivity index (χ1v) is 8.83. The molecule has 5 atom stereocenters. The summed E-state index contributed by atoms with van der Waals surface area (Å²) in [6, 6.07) is 0. The lowest BCUT2D eigenvalue weighted by atomic mass is 9.52. The van der Waals surface area contributed by atoms with Crippen molar-refractivity contribution in [1.82, 2.24) is 0 Å². The first-order valence-electron chi connectivity index (χ1n) is 8.83. The number of aliphatic hydroxyl groups is 2. The van der Waals surface area contributed by atoms with E-state index in [0.717, 1.165) is 38.4 Å². The molecule has 0 radical (unpaired) electrons. The average Bonchev–Trinajstić information content (AvgIpc) is 2.79. The Balaban J connectivity index is 1.79. The molecule has 4 aliphatic carbocycles. The molecule has 2 heteroatoms. The molecule has 2 N–H and O–H groups in total. The van der Waals surface area contributed by atoms with Gasteiger partial charge in [0.25, 0.3) is 0 Å². The molecule has 0 aromatic rings. The van der Waals surface area contributed by atoms with Crippen molar-refractivity contribution < 1.29 is 10.2 Å². The van der Waals surface area contributed by atoms with E-state index in [0.29, 0.717) is 11.8 Å². The van der Waals surface area contributed by atoms with Gasteiger partial charge in [0.05, 0.1) is 11.9 Å². The van der Waals surface area contributed by atoms with Crippen LogP contribution in [0.3, 0.4) is 0 Å². The maximum Gasteiger partial charge on any atom is 0.0919 e. The van der Waals surface area contributed by atoms with E-state index in [-0.39, 0.29) is 10.8 Å². The summed E-state index contributed by atoms with van der Waals surface area (Å²) in [5.41, 5.74) is 5.38. The summed E-state index contributed by atoms with van der Waals surface area (Å²) >= 11 is 0. The summed E-state index contributed by atoms with van der Waals surface area (Å²) in [5.74, 6) is 1.02. The van der Waals surface area contributed by atoms with Gasteiger partial charge in [-0.1, -0.05) is 30.7 Å². The first kappa shape index (κ1) is 15.1. The smallest absolute Gasteiger partial charge is 0.0919 e. The third-order valence-corrected chi connectivity index (χ3v) is 7.34. The molecule has 2 saturated carbocycles. The van der Waals surface area contributed by atoms with Crippen LogP contribution in [0.1, 0.15) is 46.0 Å². The van der Waals surface area contributed by atoms with E-state index in [1.165, 1.54) is 11.1 Å². The molecular formula is C21H26O2. The molecular weight excluding hydrogens is 284 g/mol. The van der Waals surface area contributed by atoms with Crippen LogP contribution in [0.5, 0.6) is 0 Å². The van der Waals surface area contributed by atoms with Crippen LogP contribution in [0, 0.1) is 22.7 Å². The topological polar surface area (TPSA) is 40.5 Å². The molecule has 2 nitrogen and oxygen atoms in total. The molecule has 122 valence electrons. The highest BCUT2D eigenvalue weighted by atomic mass is 16.3. The third kappa shape index (κ3) is 1.80. The Kier molecular flexibility index (Phi) is 3.11. The van der Waals surface area contributed by atoms with E-state index in [4.69, 9.17) is 0 Å². The minimum Gasteiger partial charge on any atom is -0.516 e. The number of fused-ring (bicyclic) bond motifs is 5. The maximum atomic E-state index is 11.1. The number of aliphatic hydroxyl groups excluding tert-OH is 1. The minimum atomic E-state index is -0.881. The highest BCUT2D eigenvalue weighted by molar-refractivity contribution is 5.44. The fourth-order valence-electron chi connectivity index (χ4n) is 5.86. The summed E-state index contributed by atoms with van der Waals surface area (Å²) in [7, 11) is 0. The van der Waals surface area contributed by atoms with Crippen LogP contribution in [0.25, 0.3) is 0 Å². The molecule has 0 saturated heterocycles. The van der Waals surface area contributed by atoms with Crippen LogP contribution >= 0.6 is 0 Å². The van der Waals surface area contributed by atoms with Gasteiger partial charge in [-0.2, -0.15) is 0 Å². The second-order valence-electron chi connectivity index (χ2n) is 8.16.